The highest BCUT2D eigenvalue weighted by molar-refractivity contribution is 5.92. The number of aryl methyl sites for hydroxylation is 1. The van der Waals surface area contributed by atoms with Crippen molar-refractivity contribution in [2.75, 3.05) is 38.2 Å². The first kappa shape index (κ1) is 18.4. The zero-order chi connectivity index (χ0) is 18.2. The van der Waals surface area contributed by atoms with E-state index in [2.05, 4.69) is 58.5 Å². The van der Waals surface area contributed by atoms with Crippen molar-refractivity contribution < 1.29 is 4.74 Å². The average molecular weight is 352 g/mol. The van der Waals surface area contributed by atoms with Gasteiger partial charge in [0.05, 0.1) is 25.8 Å². The van der Waals surface area contributed by atoms with Crippen molar-refractivity contribution in [3.8, 4) is 0 Å². The highest BCUT2D eigenvalue weighted by atomic mass is 16.5. The number of guanidine groups is 1. The van der Waals surface area contributed by atoms with Gasteiger partial charge in [0.1, 0.15) is 0 Å². The van der Waals surface area contributed by atoms with Crippen LogP contribution in [-0.4, -0.2) is 43.7 Å². The third-order valence-electron chi connectivity index (χ3n) is 4.74. The molecule has 5 heteroatoms. The van der Waals surface area contributed by atoms with Crippen molar-refractivity contribution >= 4 is 11.6 Å². The fourth-order valence-electron chi connectivity index (χ4n) is 3.19. The average Bonchev–Trinajstić information content (AvgIpc) is 2.70. The summed E-state index contributed by atoms with van der Waals surface area (Å²) in [6.07, 6.45) is 1.03. The summed E-state index contributed by atoms with van der Waals surface area (Å²) in [5, 5.41) is 3.19. The van der Waals surface area contributed by atoms with Crippen molar-refractivity contribution in [2.45, 2.75) is 19.4 Å². The fraction of sp³-hybridized carbons (Fsp3) is 0.381. The van der Waals surface area contributed by atoms with Crippen molar-refractivity contribution in [2.24, 2.45) is 10.7 Å². The molecule has 0 spiro atoms. The second-order valence-electron chi connectivity index (χ2n) is 6.48. The van der Waals surface area contributed by atoms with Crippen molar-refractivity contribution in [1.82, 2.24) is 4.90 Å². The van der Waals surface area contributed by atoms with Gasteiger partial charge >= 0.3 is 0 Å². The predicted molar refractivity (Wildman–Crippen MR) is 108 cm³/mol. The molecule has 0 radical (unpaired) electrons. The minimum atomic E-state index is 0.211. The van der Waals surface area contributed by atoms with Crippen LogP contribution in [0.3, 0.4) is 0 Å². The van der Waals surface area contributed by atoms with E-state index in [0.29, 0.717) is 12.5 Å². The molecule has 2 aromatic carbocycles. The molecule has 1 heterocycles. The molecule has 1 aliphatic rings. The smallest absolute Gasteiger partial charge is 0.193 e. The van der Waals surface area contributed by atoms with Gasteiger partial charge in [0.15, 0.2) is 5.96 Å². The minimum absolute atomic E-state index is 0.211. The first-order valence-electron chi connectivity index (χ1n) is 9.29. The molecular weight excluding hydrogens is 324 g/mol. The predicted octanol–water partition coefficient (Wildman–Crippen LogP) is 3.05. The van der Waals surface area contributed by atoms with Crippen LogP contribution in [0, 0.1) is 0 Å². The van der Waals surface area contributed by atoms with Gasteiger partial charge in [-0.25, -0.2) is 0 Å². The van der Waals surface area contributed by atoms with Crippen LogP contribution in [0.4, 0.5) is 5.69 Å². The molecule has 3 rings (SSSR count). The number of nitrogens with zero attached hydrogens (tertiary/aromatic N) is 2. The van der Waals surface area contributed by atoms with Gasteiger partial charge < -0.3 is 15.8 Å². The lowest BCUT2D eigenvalue weighted by molar-refractivity contribution is 0.0180. The normalized spacial score (nSPS) is 17.0. The molecule has 3 N–H and O–H groups in total. The maximum Gasteiger partial charge on any atom is 0.193 e. The monoisotopic (exact) mass is 352 g/mol. The summed E-state index contributed by atoms with van der Waals surface area (Å²) in [6.45, 7) is 6.14. The van der Waals surface area contributed by atoms with Crippen molar-refractivity contribution in [1.29, 1.82) is 0 Å². The van der Waals surface area contributed by atoms with Gasteiger partial charge in [-0.1, -0.05) is 49.4 Å². The lowest BCUT2D eigenvalue weighted by Crippen LogP contribution is -2.40. The molecule has 0 aromatic heterocycles. The second-order valence-corrected chi connectivity index (χ2v) is 6.48. The molecule has 1 saturated heterocycles. The van der Waals surface area contributed by atoms with Gasteiger partial charge in [-0.05, 0) is 29.7 Å². The van der Waals surface area contributed by atoms with E-state index in [-0.39, 0.29) is 6.04 Å². The molecule has 0 aliphatic carbocycles. The van der Waals surface area contributed by atoms with E-state index < -0.39 is 0 Å². The molecule has 5 nitrogen and oxygen atoms in total. The van der Waals surface area contributed by atoms with Crippen LogP contribution < -0.4 is 11.1 Å². The molecule has 1 unspecified atom stereocenters. The summed E-state index contributed by atoms with van der Waals surface area (Å²) in [6, 6.07) is 19.0. The van der Waals surface area contributed by atoms with Crippen LogP contribution in [0.5, 0.6) is 0 Å². The van der Waals surface area contributed by atoms with Crippen LogP contribution in [0.25, 0.3) is 0 Å². The van der Waals surface area contributed by atoms with Crippen molar-refractivity contribution in [3.63, 3.8) is 0 Å². The Balaban J connectivity index is 1.68. The van der Waals surface area contributed by atoms with Crippen LogP contribution in [0.15, 0.2) is 59.6 Å². The lowest BCUT2D eigenvalue weighted by Gasteiger charge is -2.34. The number of hydrogen-bond acceptors (Lipinski definition) is 3. The number of aliphatic imine (C=N–C) groups is 1. The van der Waals surface area contributed by atoms with E-state index in [1.165, 1.54) is 11.1 Å². The van der Waals surface area contributed by atoms with Gasteiger partial charge in [-0.3, -0.25) is 9.89 Å². The summed E-state index contributed by atoms with van der Waals surface area (Å²) in [7, 11) is 0. The van der Waals surface area contributed by atoms with E-state index >= 15 is 0 Å². The zero-order valence-corrected chi connectivity index (χ0v) is 15.4. The Kier molecular flexibility index (Phi) is 6.63. The molecule has 1 aliphatic heterocycles. The van der Waals surface area contributed by atoms with Crippen LogP contribution >= 0.6 is 0 Å². The standard InChI is InChI=1S/C21H28N4O/c1-2-17-8-10-19(11-9-17)24-21(22)23-16-20(18-6-4-3-5-7-18)25-12-14-26-15-13-25/h3-11,20H,2,12-16H2,1H3,(H3,22,23,24). The molecule has 26 heavy (non-hydrogen) atoms. The van der Waals surface area contributed by atoms with E-state index in [1.807, 2.05) is 18.2 Å². The van der Waals surface area contributed by atoms with E-state index in [1.54, 1.807) is 0 Å². The third-order valence-corrected chi connectivity index (χ3v) is 4.74. The summed E-state index contributed by atoms with van der Waals surface area (Å²) >= 11 is 0. The van der Waals surface area contributed by atoms with E-state index in [0.717, 1.165) is 38.4 Å². The summed E-state index contributed by atoms with van der Waals surface area (Å²) in [5.41, 5.74) is 9.66. The van der Waals surface area contributed by atoms with Crippen molar-refractivity contribution in [3.05, 3.63) is 65.7 Å². The zero-order valence-electron chi connectivity index (χ0n) is 15.4. The molecule has 1 atom stereocenters. The molecule has 0 amide bonds. The summed E-state index contributed by atoms with van der Waals surface area (Å²) in [5.74, 6) is 0.448. The molecule has 138 valence electrons. The van der Waals surface area contributed by atoms with Crippen LogP contribution in [-0.2, 0) is 11.2 Å². The fourth-order valence-corrected chi connectivity index (χ4v) is 3.19. The summed E-state index contributed by atoms with van der Waals surface area (Å²) < 4.78 is 5.49. The Labute approximate surface area is 155 Å². The van der Waals surface area contributed by atoms with E-state index in [4.69, 9.17) is 10.5 Å². The van der Waals surface area contributed by atoms with Gasteiger partial charge in [0.25, 0.3) is 0 Å². The maximum atomic E-state index is 6.13. The maximum absolute atomic E-state index is 6.13. The number of rotatable bonds is 6. The number of nitrogens with two attached hydrogens (primary N) is 1. The molecule has 1 fully saturated rings. The Morgan fingerprint density at radius 3 is 2.46 bits per heavy atom. The minimum Gasteiger partial charge on any atom is -0.379 e. The number of anilines is 1. The third kappa shape index (κ3) is 5.07. The number of hydrogen-bond donors (Lipinski definition) is 2. The Morgan fingerprint density at radius 2 is 1.81 bits per heavy atom. The lowest BCUT2D eigenvalue weighted by atomic mass is 10.1. The number of ether oxygens (including phenoxy) is 1. The number of nitrogens with one attached hydrogen (secondary N) is 1. The summed E-state index contributed by atoms with van der Waals surface area (Å²) in [4.78, 5) is 7.04. The number of benzene rings is 2. The molecular formula is C21H28N4O. The molecule has 0 bridgehead atoms. The van der Waals surface area contributed by atoms with Crippen LogP contribution in [0.2, 0.25) is 0 Å². The highest BCUT2D eigenvalue weighted by Gasteiger charge is 2.22. The van der Waals surface area contributed by atoms with Gasteiger partial charge in [0.2, 0.25) is 0 Å². The second kappa shape index (κ2) is 9.36. The Hall–Kier alpha value is -2.37. The first-order valence-corrected chi connectivity index (χ1v) is 9.29. The first-order chi connectivity index (χ1) is 12.8. The largest absolute Gasteiger partial charge is 0.379 e. The van der Waals surface area contributed by atoms with Gasteiger partial charge in [0, 0.05) is 18.8 Å². The Morgan fingerprint density at radius 1 is 1.12 bits per heavy atom. The SMILES string of the molecule is CCc1ccc(NC(N)=NCC(c2ccccc2)N2CCOCC2)cc1. The number of morpholine rings is 1. The van der Waals surface area contributed by atoms with E-state index in [9.17, 15) is 0 Å². The molecule has 0 saturated carbocycles. The Bertz CT molecular complexity index is 694. The van der Waals surface area contributed by atoms with Gasteiger partial charge in [-0.2, -0.15) is 0 Å². The molecule has 2 aromatic rings. The topological polar surface area (TPSA) is 62.9 Å². The van der Waals surface area contributed by atoms with Gasteiger partial charge in [-0.15, -0.1) is 0 Å². The van der Waals surface area contributed by atoms with Crippen LogP contribution in [0.1, 0.15) is 24.1 Å². The highest BCUT2D eigenvalue weighted by Crippen LogP contribution is 2.22. The quantitative estimate of drug-likeness (QED) is 0.620.